The molecule has 1 saturated carbocycles. The van der Waals surface area contributed by atoms with Crippen LogP contribution in [0, 0.1) is 5.92 Å². The molecule has 1 aliphatic carbocycles. The van der Waals surface area contributed by atoms with Gasteiger partial charge in [0.25, 0.3) is 0 Å². The van der Waals surface area contributed by atoms with Gasteiger partial charge in [0.2, 0.25) is 5.91 Å². The topological polar surface area (TPSA) is 58.1 Å². The number of aromatic nitrogens is 2. The molecule has 1 N–H and O–H groups in total. The van der Waals surface area contributed by atoms with E-state index in [1.54, 1.807) is 0 Å². The molecular formula is C20H30N4O. The van der Waals surface area contributed by atoms with Crippen molar-refractivity contribution in [3.8, 4) is 0 Å². The maximum absolute atomic E-state index is 12.7. The lowest BCUT2D eigenvalue weighted by Crippen LogP contribution is -2.38. The van der Waals surface area contributed by atoms with E-state index >= 15 is 0 Å². The molecule has 1 saturated heterocycles. The number of hydrogen-bond acceptors (Lipinski definition) is 4. The third kappa shape index (κ3) is 4.02. The van der Waals surface area contributed by atoms with Gasteiger partial charge in [-0.2, -0.15) is 0 Å². The minimum Gasteiger partial charge on any atom is -0.338 e. The lowest BCUT2D eigenvalue weighted by molar-refractivity contribution is -0.133. The first-order valence-corrected chi connectivity index (χ1v) is 10.1. The van der Waals surface area contributed by atoms with Crippen LogP contribution in [0.3, 0.4) is 0 Å². The van der Waals surface area contributed by atoms with Crippen molar-refractivity contribution in [2.45, 2.75) is 70.3 Å². The average Bonchev–Trinajstić information content (AvgIpc) is 2.68. The molecule has 3 aliphatic rings. The van der Waals surface area contributed by atoms with Crippen molar-refractivity contribution in [1.82, 2.24) is 20.2 Å². The number of rotatable bonds is 3. The van der Waals surface area contributed by atoms with Crippen LogP contribution < -0.4 is 5.32 Å². The quantitative estimate of drug-likeness (QED) is 0.918. The van der Waals surface area contributed by atoms with E-state index in [9.17, 15) is 4.79 Å². The Bertz CT molecular complexity index is 606. The van der Waals surface area contributed by atoms with Crippen molar-refractivity contribution >= 4 is 5.91 Å². The zero-order valence-corrected chi connectivity index (χ0v) is 15.2. The van der Waals surface area contributed by atoms with Gasteiger partial charge in [-0.1, -0.05) is 19.3 Å². The summed E-state index contributed by atoms with van der Waals surface area (Å²) < 4.78 is 0. The highest BCUT2D eigenvalue weighted by molar-refractivity contribution is 5.76. The fourth-order valence-electron chi connectivity index (χ4n) is 4.58. The second-order valence-corrected chi connectivity index (χ2v) is 8.02. The summed E-state index contributed by atoms with van der Waals surface area (Å²) in [5, 5.41) is 3.44. The number of nitrogens with one attached hydrogen (secondary N) is 1. The zero-order chi connectivity index (χ0) is 17.1. The normalized spacial score (nSPS) is 24.8. The Kier molecular flexibility index (Phi) is 5.30. The molecule has 1 aromatic rings. The molecule has 0 bridgehead atoms. The Labute approximate surface area is 150 Å². The first kappa shape index (κ1) is 17.0. The molecule has 4 rings (SSSR count). The minimum atomic E-state index is 0.332. The number of nitrogens with zero attached hydrogens (tertiary/aromatic N) is 3. The molecule has 3 heterocycles. The van der Waals surface area contributed by atoms with Gasteiger partial charge in [0.15, 0.2) is 0 Å². The fraction of sp³-hybridized carbons (Fsp3) is 0.750. The number of piperidine rings is 1. The molecular weight excluding hydrogens is 312 g/mol. The molecule has 5 nitrogen and oxygen atoms in total. The van der Waals surface area contributed by atoms with E-state index in [1.807, 2.05) is 11.1 Å². The van der Waals surface area contributed by atoms with Gasteiger partial charge in [0, 0.05) is 50.2 Å². The van der Waals surface area contributed by atoms with E-state index in [1.165, 1.54) is 44.9 Å². The van der Waals surface area contributed by atoms with Crippen LogP contribution in [0.4, 0.5) is 0 Å². The van der Waals surface area contributed by atoms with Crippen molar-refractivity contribution in [2.24, 2.45) is 5.92 Å². The molecule has 0 spiro atoms. The maximum Gasteiger partial charge on any atom is 0.223 e. The summed E-state index contributed by atoms with van der Waals surface area (Å²) in [6, 6.07) is 0. The number of amides is 1. The average molecular weight is 342 g/mol. The number of hydrogen-bond donors (Lipinski definition) is 1. The summed E-state index contributed by atoms with van der Waals surface area (Å²) in [6.45, 7) is 3.62. The Hall–Kier alpha value is -1.49. The highest BCUT2D eigenvalue weighted by Crippen LogP contribution is 2.28. The molecule has 2 aliphatic heterocycles. The Balaban J connectivity index is 1.38. The summed E-state index contributed by atoms with van der Waals surface area (Å²) in [4.78, 5) is 24.2. The lowest BCUT2D eigenvalue weighted by Gasteiger charge is -2.31. The third-order valence-corrected chi connectivity index (χ3v) is 6.16. The summed E-state index contributed by atoms with van der Waals surface area (Å²) in [5.41, 5.74) is 2.31. The first-order valence-electron chi connectivity index (χ1n) is 10.1. The first-order chi connectivity index (χ1) is 12.3. The third-order valence-electron chi connectivity index (χ3n) is 6.16. The van der Waals surface area contributed by atoms with Crippen LogP contribution in [0.5, 0.6) is 0 Å². The molecule has 1 aromatic heterocycles. The highest BCUT2D eigenvalue weighted by atomic mass is 16.2. The summed E-state index contributed by atoms with van der Waals surface area (Å²) in [6.07, 6.45) is 12.4. The summed E-state index contributed by atoms with van der Waals surface area (Å²) in [5.74, 6) is 2.39. The monoisotopic (exact) mass is 342 g/mol. The van der Waals surface area contributed by atoms with E-state index < -0.39 is 0 Å². The van der Waals surface area contributed by atoms with Crippen LogP contribution in [0.25, 0.3) is 0 Å². The van der Waals surface area contributed by atoms with E-state index in [-0.39, 0.29) is 0 Å². The number of fused-ring (bicyclic) bond motifs is 1. The van der Waals surface area contributed by atoms with Crippen molar-refractivity contribution in [3.63, 3.8) is 0 Å². The Morgan fingerprint density at radius 3 is 2.88 bits per heavy atom. The van der Waals surface area contributed by atoms with E-state index in [4.69, 9.17) is 4.98 Å². The van der Waals surface area contributed by atoms with Crippen LogP contribution in [0.1, 0.15) is 74.4 Å². The van der Waals surface area contributed by atoms with Crippen LogP contribution in [-0.4, -0.2) is 40.4 Å². The van der Waals surface area contributed by atoms with Gasteiger partial charge in [0.05, 0.1) is 5.69 Å². The van der Waals surface area contributed by atoms with E-state index in [0.29, 0.717) is 24.3 Å². The molecule has 0 unspecified atom stereocenters. The Morgan fingerprint density at radius 2 is 2.08 bits per heavy atom. The second kappa shape index (κ2) is 7.81. The predicted octanol–water partition coefficient (Wildman–Crippen LogP) is 2.80. The smallest absolute Gasteiger partial charge is 0.223 e. The SMILES string of the molecule is O=C(CC1CCCCC1)N1CCc2nc([C@@H]3CCCNC3)ncc2C1. The molecule has 0 radical (unpaired) electrons. The molecule has 1 atom stereocenters. The fourth-order valence-corrected chi connectivity index (χ4v) is 4.58. The van der Waals surface area contributed by atoms with E-state index in [0.717, 1.165) is 49.6 Å². The van der Waals surface area contributed by atoms with Crippen molar-refractivity contribution in [3.05, 3.63) is 23.3 Å². The van der Waals surface area contributed by atoms with Crippen LogP contribution in [0.2, 0.25) is 0 Å². The number of carbonyl (C=O) groups is 1. The van der Waals surface area contributed by atoms with Gasteiger partial charge < -0.3 is 10.2 Å². The predicted molar refractivity (Wildman–Crippen MR) is 97.2 cm³/mol. The van der Waals surface area contributed by atoms with Gasteiger partial charge in [-0.25, -0.2) is 9.97 Å². The molecule has 5 heteroatoms. The molecule has 25 heavy (non-hydrogen) atoms. The molecule has 0 aromatic carbocycles. The maximum atomic E-state index is 12.7. The van der Waals surface area contributed by atoms with Crippen LogP contribution in [0.15, 0.2) is 6.20 Å². The van der Waals surface area contributed by atoms with Gasteiger partial charge in [-0.3, -0.25) is 4.79 Å². The highest BCUT2D eigenvalue weighted by Gasteiger charge is 2.26. The molecule has 1 amide bonds. The summed E-state index contributed by atoms with van der Waals surface area (Å²) in [7, 11) is 0. The van der Waals surface area contributed by atoms with Gasteiger partial charge in [-0.15, -0.1) is 0 Å². The van der Waals surface area contributed by atoms with Crippen LogP contribution >= 0.6 is 0 Å². The van der Waals surface area contributed by atoms with Crippen LogP contribution in [-0.2, 0) is 17.8 Å². The van der Waals surface area contributed by atoms with Crippen molar-refractivity contribution in [1.29, 1.82) is 0 Å². The number of carbonyl (C=O) groups excluding carboxylic acids is 1. The van der Waals surface area contributed by atoms with Gasteiger partial charge in [0.1, 0.15) is 5.82 Å². The lowest BCUT2D eigenvalue weighted by atomic mass is 9.86. The molecule has 2 fully saturated rings. The van der Waals surface area contributed by atoms with Crippen molar-refractivity contribution in [2.75, 3.05) is 19.6 Å². The minimum absolute atomic E-state index is 0.332. The zero-order valence-electron chi connectivity index (χ0n) is 15.2. The second-order valence-electron chi connectivity index (χ2n) is 8.02. The van der Waals surface area contributed by atoms with E-state index in [2.05, 4.69) is 10.3 Å². The van der Waals surface area contributed by atoms with Gasteiger partial charge in [-0.05, 0) is 38.1 Å². The van der Waals surface area contributed by atoms with Crippen molar-refractivity contribution < 1.29 is 4.79 Å². The molecule has 136 valence electrons. The summed E-state index contributed by atoms with van der Waals surface area (Å²) >= 11 is 0. The largest absolute Gasteiger partial charge is 0.338 e. The Morgan fingerprint density at radius 1 is 1.20 bits per heavy atom. The standard InChI is InChI=1S/C20H30N4O/c25-19(11-15-5-2-1-3-6-15)24-10-8-18-17(14-24)13-22-20(23-18)16-7-4-9-21-12-16/h13,15-16,21H,1-12,14H2/t16-/m1/s1. The van der Waals surface area contributed by atoms with Gasteiger partial charge >= 0.3 is 0 Å².